The number of halogens is 1. The van der Waals surface area contributed by atoms with Crippen molar-refractivity contribution in [3.63, 3.8) is 0 Å². The van der Waals surface area contributed by atoms with Gasteiger partial charge in [-0.2, -0.15) is 4.98 Å². The van der Waals surface area contributed by atoms with Crippen LogP contribution in [0, 0.1) is 0 Å². The molecule has 0 saturated heterocycles. The van der Waals surface area contributed by atoms with Crippen molar-refractivity contribution >= 4 is 23.7 Å². The van der Waals surface area contributed by atoms with Crippen LogP contribution in [0.1, 0.15) is 16.6 Å². The Morgan fingerprint density at radius 2 is 2.33 bits per heavy atom. The predicted molar refractivity (Wildman–Crippen MR) is 73.8 cm³/mol. The van der Waals surface area contributed by atoms with Crippen LogP contribution in [0.2, 0.25) is 0 Å². The number of thiophene rings is 1. The molecule has 7 heteroatoms. The van der Waals surface area contributed by atoms with Gasteiger partial charge in [0.2, 0.25) is 5.89 Å². The maximum atomic E-state index is 5.41. The van der Waals surface area contributed by atoms with Crippen molar-refractivity contribution in [3.05, 3.63) is 34.1 Å². The minimum atomic E-state index is 0. The van der Waals surface area contributed by atoms with E-state index >= 15 is 0 Å². The summed E-state index contributed by atoms with van der Waals surface area (Å²) in [6, 6.07) is 4.23. The summed E-state index contributed by atoms with van der Waals surface area (Å²) in [5.41, 5.74) is 5.41. The van der Waals surface area contributed by atoms with Gasteiger partial charge < -0.3 is 10.3 Å². The summed E-state index contributed by atoms with van der Waals surface area (Å²) in [7, 11) is 2.05. The average Bonchev–Trinajstić information content (AvgIpc) is 2.97. The largest absolute Gasteiger partial charge is 0.338 e. The summed E-state index contributed by atoms with van der Waals surface area (Å²) in [5, 5.41) is 5.97. The molecule has 0 saturated carbocycles. The first kappa shape index (κ1) is 15.1. The van der Waals surface area contributed by atoms with Crippen LogP contribution in [0.25, 0.3) is 0 Å². The number of rotatable bonds is 6. The fraction of sp³-hybridized carbons (Fsp3) is 0.455. The molecule has 2 rings (SSSR count). The van der Waals surface area contributed by atoms with Gasteiger partial charge in [-0.25, -0.2) is 0 Å². The SMILES string of the molecule is CN(CCc1cccs1)Cc1noc(CN)n1.Cl. The Morgan fingerprint density at radius 3 is 2.94 bits per heavy atom. The zero-order valence-electron chi connectivity index (χ0n) is 10.2. The molecule has 0 fully saturated rings. The Balaban J connectivity index is 0.00000162. The molecule has 0 bridgehead atoms. The number of hydrogen-bond acceptors (Lipinski definition) is 6. The second-order valence-electron chi connectivity index (χ2n) is 3.88. The average molecular weight is 289 g/mol. The van der Waals surface area contributed by atoms with Crippen LogP contribution in [-0.4, -0.2) is 28.6 Å². The van der Waals surface area contributed by atoms with Gasteiger partial charge in [0.05, 0.1) is 13.1 Å². The van der Waals surface area contributed by atoms with Crippen LogP contribution in [0.4, 0.5) is 0 Å². The van der Waals surface area contributed by atoms with Crippen molar-refractivity contribution in [1.82, 2.24) is 15.0 Å². The monoisotopic (exact) mass is 288 g/mol. The topological polar surface area (TPSA) is 68.2 Å². The molecule has 0 atom stereocenters. The molecule has 5 nitrogen and oxygen atoms in total. The van der Waals surface area contributed by atoms with E-state index in [1.54, 1.807) is 11.3 Å². The standard InChI is InChI=1S/C11H16N4OS.ClH/c1-15(5-4-9-3-2-6-17-9)8-10-13-11(7-12)16-14-10;/h2-3,6H,4-5,7-8,12H2,1H3;1H. The number of nitrogens with zero attached hydrogens (tertiary/aromatic N) is 3. The third kappa shape index (κ3) is 4.38. The molecule has 0 aliphatic rings. The summed E-state index contributed by atoms with van der Waals surface area (Å²) in [5.74, 6) is 1.19. The van der Waals surface area contributed by atoms with Gasteiger partial charge in [0, 0.05) is 11.4 Å². The van der Waals surface area contributed by atoms with E-state index in [0.29, 0.717) is 24.8 Å². The lowest BCUT2D eigenvalue weighted by Crippen LogP contribution is -2.21. The van der Waals surface area contributed by atoms with Crippen LogP contribution in [0.15, 0.2) is 22.0 Å². The fourth-order valence-electron chi connectivity index (χ4n) is 1.51. The lowest BCUT2D eigenvalue weighted by atomic mass is 10.3. The van der Waals surface area contributed by atoms with E-state index in [0.717, 1.165) is 13.0 Å². The summed E-state index contributed by atoms with van der Waals surface area (Å²) in [6.45, 7) is 1.97. The Hall–Kier alpha value is -0.950. The quantitative estimate of drug-likeness (QED) is 0.876. The Labute approximate surface area is 116 Å². The maximum absolute atomic E-state index is 5.41. The van der Waals surface area contributed by atoms with Crippen molar-refractivity contribution in [3.8, 4) is 0 Å². The summed E-state index contributed by atoms with van der Waals surface area (Å²) in [6.07, 6.45) is 1.05. The van der Waals surface area contributed by atoms with Gasteiger partial charge in [0.15, 0.2) is 5.82 Å². The molecular weight excluding hydrogens is 272 g/mol. The first-order valence-electron chi connectivity index (χ1n) is 5.50. The third-order valence-electron chi connectivity index (χ3n) is 2.42. The molecule has 2 aromatic heterocycles. The van der Waals surface area contributed by atoms with Crippen molar-refractivity contribution in [2.45, 2.75) is 19.5 Å². The Kier molecular flexibility index (Phi) is 6.28. The molecule has 2 aromatic rings. The number of nitrogens with two attached hydrogens (primary N) is 1. The van der Waals surface area contributed by atoms with Crippen LogP contribution < -0.4 is 5.73 Å². The van der Waals surface area contributed by atoms with Crippen molar-refractivity contribution in [2.75, 3.05) is 13.6 Å². The van der Waals surface area contributed by atoms with Crippen molar-refractivity contribution < 1.29 is 4.52 Å². The van der Waals surface area contributed by atoms with Crippen LogP contribution in [0.3, 0.4) is 0 Å². The minimum absolute atomic E-state index is 0. The molecule has 2 N–H and O–H groups in total. The molecule has 0 radical (unpaired) electrons. The zero-order chi connectivity index (χ0) is 12.1. The molecule has 0 amide bonds. The second-order valence-corrected chi connectivity index (χ2v) is 4.91. The van der Waals surface area contributed by atoms with E-state index in [9.17, 15) is 0 Å². The molecule has 18 heavy (non-hydrogen) atoms. The maximum Gasteiger partial charge on any atom is 0.240 e. The van der Waals surface area contributed by atoms with Crippen LogP contribution >= 0.6 is 23.7 Å². The second kappa shape index (κ2) is 7.48. The van der Waals surface area contributed by atoms with Gasteiger partial charge in [-0.1, -0.05) is 11.2 Å². The summed E-state index contributed by atoms with van der Waals surface area (Å²) < 4.78 is 4.95. The van der Waals surface area contributed by atoms with Gasteiger partial charge in [-0.15, -0.1) is 23.7 Å². The van der Waals surface area contributed by atoms with E-state index in [2.05, 4.69) is 32.6 Å². The lowest BCUT2D eigenvalue weighted by Gasteiger charge is -2.13. The summed E-state index contributed by atoms with van der Waals surface area (Å²) in [4.78, 5) is 7.74. The molecule has 100 valence electrons. The van der Waals surface area contributed by atoms with E-state index in [1.807, 2.05) is 7.05 Å². The first-order valence-corrected chi connectivity index (χ1v) is 6.38. The van der Waals surface area contributed by atoms with Crippen LogP contribution in [-0.2, 0) is 19.5 Å². The molecule has 0 spiro atoms. The smallest absolute Gasteiger partial charge is 0.240 e. The highest BCUT2D eigenvalue weighted by Crippen LogP contribution is 2.10. The normalized spacial score (nSPS) is 10.6. The highest BCUT2D eigenvalue weighted by molar-refractivity contribution is 7.09. The molecule has 2 heterocycles. The fourth-order valence-corrected chi connectivity index (χ4v) is 2.21. The molecule has 0 aliphatic carbocycles. The van der Waals surface area contributed by atoms with E-state index in [1.165, 1.54) is 4.88 Å². The van der Waals surface area contributed by atoms with Gasteiger partial charge >= 0.3 is 0 Å². The van der Waals surface area contributed by atoms with Crippen molar-refractivity contribution in [1.29, 1.82) is 0 Å². The van der Waals surface area contributed by atoms with Gasteiger partial charge in [0.1, 0.15) is 0 Å². The molecule has 0 aromatic carbocycles. The van der Waals surface area contributed by atoms with E-state index < -0.39 is 0 Å². The predicted octanol–water partition coefficient (Wildman–Crippen LogP) is 1.69. The third-order valence-corrected chi connectivity index (χ3v) is 3.35. The Morgan fingerprint density at radius 1 is 1.50 bits per heavy atom. The summed E-state index contributed by atoms with van der Waals surface area (Å²) >= 11 is 1.79. The number of aromatic nitrogens is 2. The molecule has 0 aliphatic heterocycles. The highest BCUT2D eigenvalue weighted by atomic mass is 35.5. The molecule has 0 unspecified atom stereocenters. The number of hydrogen-bond donors (Lipinski definition) is 1. The van der Waals surface area contributed by atoms with Gasteiger partial charge in [0.25, 0.3) is 0 Å². The molecular formula is C11H17ClN4OS. The highest BCUT2D eigenvalue weighted by Gasteiger charge is 2.07. The van der Waals surface area contributed by atoms with Gasteiger partial charge in [-0.05, 0) is 24.9 Å². The number of likely N-dealkylation sites (N-methyl/N-ethyl adjacent to an activating group) is 1. The Bertz CT molecular complexity index is 446. The lowest BCUT2D eigenvalue weighted by molar-refractivity contribution is 0.310. The van der Waals surface area contributed by atoms with E-state index in [-0.39, 0.29) is 12.4 Å². The van der Waals surface area contributed by atoms with E-state index in [4.69, 9.17) is 10.3 Å². The van der Waals surface area contributed by atoms with Crippen LogP contribution in [0.5, 0.6) is 0 Å². The van der Waals surface area contributed by atoms with Gasteiger partial charge in [-0.3, -0.25) is 4.90 Å². The minimum Gasteiger partial charge on any atom is -0.338 e. The van der Waals surface area contributed by atoms with Crippen molar-refractivity contribution in [2.24, 2.45) is 5.73 Å². The zero-order valence-corrected chi connectivity index (χ0v) is 11.8. The first-order chi connectivity index (χ1) is 8.28.